The number of aliphatic hydroxyl groups is 1. The summed E-state index contributed by atoms with van der Waals surface area (Å²) in [5, 5.41) is 11.1. The van der Waals surface area contributed by atoms with Crippen LogP contribution in [0.15, 0.2) is 66.8 Å². The highest BCUT2D eigenvalue weighted by Gasteiger charge is 2.46. The number of nitrogens with zero attached hydrogens (tertiary/aromatic N) is 2. The average Bonchev–Trinajstić information content (AvgIpc) is 3.06. The molecule has 1 aliphatic rings. The maximum Gasteiger partial charge on any atom is 0.295 e. The van der Waals surface area contributed by atoms with E-state index in [9.17, 15) is 14.7 Å². The zero-order valence-corrected chi connectivity index (χ0v) is 18.6. The Balaban J connectivity index is 2.11. The molecule has 1 saturated heterocycles. The number of likely N-dealkylation sites (N-methyl/N-ethyl adjacent to an activating group) is 1. The van der Waals surface area contributed by atoms with Crippen LogP contribution >= 0.6 is 0 Å². The first-order valence-electron chi connectivity index (χ1n) is 10.3. The number of Topliss-reactive ketones (excluding diaryl/α,β-unsaturated/α-hetero) is 1. The maximum absolute atomic E-state index is 13.0. The van der Waals surface area contributed by atoms with Gasteiger partial charge in [0.05, 0.1) is 18.7 Å². The van der Waals surface area contributed by atoms with Gasteiger partial charge in [-0.2, -0.15) is 0 Å². The SMILES string of the molecule is C=CCOc1cccc([C@@H]2/C(=C(\O)c3ccc(OC)cc3)C(=O)C(=O)N2CCN(C)C)c1. The minimum Gasteiger partial charge on any atom is -0.507 e. The Morgan fingerprint density at radius 1 is 1.16 bits per heavy atom. The molecule has 1 amide bonds. The van der Waals surface area contributed by atoms with Crippen molar-refractivity contribution in [1.82, 2.24) is 9.80 Å². The van der Waals surface area contributed by atoms with E-state index in [1.807, 2.05) is 25.1 Å². The van der Waals surface area contributed by atoms with Crippen LogP contribution in [-0.2, 0) is 9.59 Å². The summed E-state index contributed by atoms with van der Waals surface area (Å²) in [5.41, 5.74) is 1.17. The Morgan fingerprint density at radius 3 is 2.50 bits per heavy atom. The van der Waals surface area contributed by atoms with Crippen LogP contribution in [0.5, 0.6) is 11.5 Å². The number of hydrogen-bond donors (Lipinski definition) is 1. The highest BCUT2D eigenvalue weighted by atomic mass is 16.5. The minimum atomic E-state index is -0.732. The van der Waals surface area contributed by atoms with Crippen LogP contribution in [0.4, 0.5) is 0 Å². The van der Waals surface area contributed by atoms with E-state index in [0.29, 0.717) is 42.3 Å². The molecule has 3 rings (SSSR count). The number of ketones is 1. The molecule has 0 aromatic heterocycles. The Kier molecular flexibility index (Phi) is 7.33. The normalized spacial score (nSPS) is 17.6. The average molecular weight is 437 g/mol. The van der Waals surface area contributed by atoms with Crippen LogP contribution in [0, 0.1) is 0 Å². The number of likely N-dealkylation sites (tertiary alicyclic amines) is 1. The minimum absolute atomic E-state index is 0.0554. The molecule has 0 bridgehead atoms. The molecule has 2 aromatic carbocycles. The van der Waals surface area contributed by atoms with E-state index in [1.54, 1.807) is 55.7 Å². The van der Waals surface area contributed by atoms with E-state index < -0.39 is 17.7 Å². The fourth-order valence-electron chi connectivity index (χ4n) is 3.60. The number of carbonyl (C=O) groups excluding carboxylic acids is 2. The third-order valence-corrected chi connectivity index (χ3v) is 5.23. The molecule has 168 valence electrons. The van der Waals surface area contributed by atoms with E-state index in [0.717, 1.165) is 0 Å². The van der Waals surface area contributed by atoms with E-state index in [4.69, 9.17) is 9.47 Å². The van der Waals surface area contributed by atoms with E-state index >= 15 is 0 Å². The summed E-state index contributed by atoms with van der Waals surface area (Å²) in [4.78, 5) is 29.4. The lowest BCUT2D eigenvalue weighted by atomic mass is 9.95. The first kappa shape index (κ1) is 23.1. The fraction of sp³-hybridized carbons (Fsp3) is 0.280. The van der Waals surface area contributed by atoms with Crippen molar-refractivity contribution >= 4 is 17.4 Å². The zero-order valence-electron chi connectivity index (χ0n) is 18.6. The molecule has 32 heavy (non-hydrogen) atoms. The molecule has 1 atom stereocenters. The van der Waals surface area contributed by atoms with E-state index in [1.165, 1.54) is 4.90 Å². The third-order valence-electron chi connectivity index (χ3n) is 5.23. The van der Waals surface area contributed by atoms with Crippen molar-refractivity contribution in [3.05, 3.63) is 77.9 Å². The van der Waals surface area contributed by atoms with Crippen molar-refractivity contribution in [3.8, 4) is 11.5 Å². The molecular formula is C25H28N2O5. The smallest absolute Gasteiger partial charge is 0.295 e. The standard InChI is InChI=1S/C25H28N2O5/c1-5-15-32-20-8-6-7-18(16-20)22-21(23(28)17-9-11-19(31-4)12-10-17)24(29)25(30)27(22)14-13-26(2)3/h5-12,16,22,28H,1,13-15H2,2-4H3/b23-21+/t22-/m1/s1. The Bertz CT molecular complexity index is 1030. The Hall–Kier alpha value is -3.58. The van der Waals surface area contributed by atoms with Gasteiger partial charge in [-0.25, -0.2) is 0 Å². The van der Waals surface area contributed by atoms with Crippen LogP contribution < -0.4 is 9.47 Å². The first-order chi connectivity index (χ1) is 15.4. The monoisotopic (exact) mass is 436 g/mol. The largest absolute Gasteiger partial charge is 0.507 e. The van der Waals surface area contributed by atoms with Gasteiger partial charge in [0, 0.05) is 18.7 Å². The van der Waals surface area contributed by atoms with Crippen LogP contribution in [0.25, 0.3) is 5.76 Å². The van der Waals surface area contributed by atoms with Crippen LogP contribution in [-0.4, -0.2) is 67.5 Å². The summed E-state index contributed by atoms with van der Waals surface area (Å²) in [6.07, 6.45) is 1.64. The number of carbonyl (C=O) groups is 2. The molecule has 2 aromatic rings. The van der Waals surface area contributed by atoms with E-state index in [2.05, 4.69) is 6.58 Å². The van der Waals surface area contributed by atoms with Gasteiger partial charge in [-0.15, -0.1) is 0 Å². The topological polar surface area (TPSA) is 79.3 Å². The maximum atomic E-state index is 13.0. The first-order valence-corrected chi connectivity index (χ1v) is 10.3. The van der Waals surface area contributed by atoms with Gasteiger partial charge in [0.15, 0.2) is 0 Å². The van der Waals surface area contributed by atoms with Crippen molar-refractivity contribution < 1.29 is 24.2 Å². The summed E-state index contributed by atoms with van der Waals surface area (Å²) in [7, 11) is 5.34. The quantitative estimate of drug-likeness (QED) is 0.281. The van der Waals surface area contributed by atoms with Gasteiger partial charge in [-0.05, 0) is 56.1 Å². The van der Waals surface area contributed by atoms with Gasteiger partial charge in [0.1, 0.15) is 23.9 Å². The second-order valence-corrected chi connectivity index (χ2v) is 7.70. The predicted molar refractivity (Wildman–Crippen MR) is 123 cm³/mol. The molecule has 1 fully saturated rings. The molecular weight excluding hydrogens is 408 g/mol. The van der Waals surface area contributed by atoms with Crippen LogP contribution in [0.3, 0.4) is 0 Å². The summed E-state index contributed by atoms with van der Waals surface area (Å²) in [6, 6.07) is 13.2. The highest BCUT2D eigenvalue weighted by molar-refractivity contribution is 6.46. The second kappa shape index (κ2) is 10.2. The Labute approximate surface area is 188 Å². The zero-order chi connectivity index (χ0) is 23.3. The highest BCUT2D eigenvalue weighted by Crippen LogP contribution is 2.40. The van der Waals surface area contributed by atoms with Crippen molar-refractivity contribution in [2.75, 3.05) is 40.9 Å². The molecule has 0 saturated carbocycles. The summed E-state index contributed by atoms with van der Waals surface area (Å²) in [6.45, 7) is 4.88. The van der Waals surface area contributed by atoms with Crippen molar-refractivity contribution in [3.63, 3.8) is 0 Å². The molecule has 1 N–H and O–H groups in total. The fourth-order valence-corrected chi connectivity index (χ4v) is 3.60. The molecule has 7 heteroatoms. The van der Waals surface area contributed by atoms with Crippen molar-refractivity contribution in [1.29, 1.82) is 0 Å². The van der Waals surface area contributed by atoms with Crippen molar-refractivity contribution in [2.45, 2.75) is 6.04 Å². The predicted octanol–water partition coefficient (Wildman–Crippen LogP) is 3.24. The lowest BCUT2D eigenvalue weighted by molar-refractivity contribution is -0.140. The molecule has 0 aliphatic carbocycles. The number of hydrogen-bond acceptors (Lipinski definition) is 6. The molecule has 1 heterocycles. The summed E-state index contributed by atoms with van der Waals surface area (Å²) >= 11 is 0. The number of aliphatic hydroxyl groups excluding tert-OH is 1. The number of rotatable bonds is 9. The number of benzene rings is 2. The Morgan fingerprint density at radius 2 is 1.88 bits per heavy atom. The van der Waals surface area contributed by atoms with Gasteiger partial charge < -0.3 is 24.4 Å². The van der Waals surface area contributed by atoms with Crippen LogP contribution in [0.1, 0.15) is 17.2 Å². The lowest BCUT2D eigenvalue weighted by Gasteiger charge is -2.27. The number of methoxy groups -OCH3 is 1. The van der Waals surface area contributed by atoms with Gasteiger partial charge in [-0.3, -0.25) is 9.59 Å². The molecule has 0 radical (unpaired) electrons. The summed E-state index contributed by atoms with van der Waals surface area (Å²) < 4.78 is 10.8. The lowest BCUT2D eigenvalue weighted by Crippen LogP contribution is -2.35. The molecule has 0 unspecified atom stereocenters. The molecule has 7 nitrogen and oxygen atoms in total. The van der Waals surface area contributed by atoms with Crippen molar-refractivity contribution in [2.24, 2.45) is 0 Å². The second-order valence-electron chi connectivity index (χ2n) is 7.70. The molecule has 0 spiro atoms. The van der Waals surface area contributed by atoms with Gasteiger partial charge >= 0.3 is 0 Å². The number of ether oxygens (including phenoxy) is 2. The van der Waals surface area contributed by atoms with E-state index in [-0.39, 0.29) is 11.3 Å². The molecule has 1 aliphatic heterocycles. The van der Waals surface area contributed by atoms with Gasteiger partial charge in [0.2, 0.25) is 0 Å². The number of amides is 1. The van der Waals surface area contributed by atoms with Crippen LogP contribution in [0.2, 0.25) is 0 Å². The summed E-state index contributed by atoms with van der Waals surface area (Å²) in [5.74, 6) is -0.355. The third kappa shape index (κ3) is 4.84. The van der Waals surface area contributed by atoms with Gasteiger partial charge in [-0.1, -0.05) is 24.8 Å². The van der Waals surface area contributed by atoms with Gasteiger partial charge in [0.25, 0.3) is 11.7 Å².